The van der Waals surface area contributed by atoms with E-state index in [1.165, 1.54) is 34.8 Å². The summed E-state index contributed by atoms with van der Waals surface area (Å²) in [5.74, 6) is -0.176. The van der Waals surface area contributed by atoms with Crippen molar-refractivity contribution in [3.63, 3.8) is 0 Å². The van der Waals surface area contributed by atoms with Crippen molar-refractivity contribution in [2.24, 2.45) is 0 Å². The van der Waals surface area contributed by atoms with Crippen molar-refractivity contribution < 1.29 is 27.1 Å². The number of sulfonamides is 1. The van der Waals surface area contributed by atoms with Crippen LogP contribution in [0.15, 0.2) is 70.2 Å². The number of ether oxygens (including phenoxy) is 2. The van der Waals surface area contributed by atoms with Gasteiger partial charge in [-0.3, -0.25) is 10.1 Å². The molecule has 11 heteroatoms. The zero-order valence-electron chi connectivity index (χ0n) is 17.8. The van der Waals surface area contributed by atoms with Crippen LogP contribution < -0.4 is 5.32 Å². The molecule has 172 valence electrons. The van der Waals surface area contributed by atoms with E-state index in [9.17, 15) is 13.2 Å². The van der Waals surface area contributed by atoms with Gasteiger partial charge in [0.25, 0.3) is 11.8 Å². The van der Waals surface area contributed by atoms with Crippen LogP contribution in [-0.2, 0) is 26.0 Å². The Labute approximate surface area is 190 Å². The van der Waals surface area contributed by atoms with Crippen LogP contribution in [-0.4, -0.2) is 48.6 Å². The molecule has 0 bridgehead atoms. The predicted molar refractivity (Wildman–Crippen MR) is 118 cm³/mol. The Kier molecular flexibility index (Phi) is 6.71. The number of carbonyl (C=O) groups excluding carboxylic acids is 1. The predicted octanol–water partition coefficient (Wildman–Crippen LogP) is 2.88. The van der Waals surface area contributed by atoms with Gasteiger partial charge in [-0.2, -0.15) is 4.31 Å². The van der Waals surface area contributed by atoms with Gasteiger partial charge < -0.3 is 13.9 Å². The highest BCUT2D eigenvalue weighted by Crippen LogP contribution is 2.21. The molecule has 10 nitrogen and oxygen atoms in total. The molecule has 0 saturated heterocycles. The lowest BCUT2D eigenvalue weighted by Crippen LogP contribution is -2.30. The molecule has 1 aliphatic heterocycles. The standard InChI is InChI=1S/C22H22N4O6S/c1-2-26(14-16-6-4-3-5-7-16)33(28,29)18-10-8-17(9-11-18)20(27)23-22-25-24-21(32-22)19-15-30-12-13-31-19/h3-11,15H,2,12-14H2,1H3,(H,23,25,27). The zero-order valence-corrected chi connectivity index (χ0v) is 18.6. The first-order valence-electron chi connectivity index (χ1n) is 10.2. The molecule has 1 N–H and O–H groups in total. The first kappa shape index (κ1) is 22.5. The Bertz CT molecular complexity index is 1240. The molecule has 0 unspecified atom stereocenters. The number of nitrogens with zero attached hydrogens (tertiary/aromatic N) is 3. The third-order valence-electron chi connectivity index (χ3n) is 4.81. The minimum absolute atomic E-state index is 0.0736. The number of hydrogen-bond acceptors (Lipinski definition) is 8. The second-order valence-corrected chi connectivity index (χ2v) is 8.95. The van der Waals surface area contributed by atoms with Crippen LogP contribution in [0, 0.1) is 0 Å². The number of hydrogen-bond donors (Lipinski definition) is 1. The fraction of sp³-hybridized carbons (Fsp3) is 0.227. The molecule has 1 amide bonds. The van der Waals surface area contributed by atoms with Gasteiger partial charge in [0, 0.05) is 18.7 Å². The smallest absolute Gasteiger partial charge is 0.322 e. The lowest BCUT2D eigenvalue weighted by Gasteiger charge is -2.20. The number of rotatable bonds is 8. The van der Waals surface area contributed by atoms with Crippen molar-refractivity contribution in [1.82, 2.24) is 14.5 Å². The van der Waals surface area contributed by atoms with E-state index in [1.807, 2.05) is 30.3 Å². The summed E-state index contributed by atoms with van der Waals surface area (Å²) in [6.45, 7) is 3.12. The molecule has 0 spiro atoms. The van der Waals surface area contributed by atoms with Crippen molar-refractivity contribution in [3.05, 3.63) is 77.9 Å². The molecule has 0 saturated carbocycles. The van der Waals surface area contributed by atoms with Gasteiger partial charge in [0.05, 0.1) is 4.90 Å². The summed E-state index contributed by atoms with van der Waals surface area (Å²) in [7, 11) is -3.73. The highest BCUT2D eigenvalue weighted by molar-refractivity contribution is 7.89. The van der Waals surface area contributed by atoms with Gasteiger partial charge >= 0.3 is 6.01 Å². The summed E-state index contributed by atoms with van der Waals surface area (Å²) in [6, 6.07) is 14.9. The normalized spacial score (nSPS) is 13.7. The van der Waals surface area contributed by atoms with E-state index in [4.69, 9.17) is 13.9 Å². The van der Waals surface area contributed by atoms with Crippen molar-refractivity contribution in [1.29, 1.82) is 0 Å². The van der Waals surface area contributed by atoms with Crippen LogP contribution in [0.25, 0.3) is 5.76 Å². The van der Waals surface area contributed by atoms with Gasteiger partial charge in [-0.15, -0.1) is 5.10 Å². The van der Waals surface area contributed by atoms with Gasteiger partial charge in [0.15, 0.2) is 0 Å². The number of nitrogens with one attached hydrogen (secondary N) is 1. The van der Waals surface area contributed by atoms with E-state index in [2.05, 4.69) is 15.5 Å². The van der Waals surface area contributed by atoms with Gasteiger partial charge in [-0.1, -0.05) is 42.4 Å². The summed E-state index contributed by atoms with van der Waals surface area (Å²) in [5, 5.41) is 10.0. The highest BCUT2D eigenvalue weighted by Gasteiger charge is 2.24. The van der Waals surface area contributed by atoms with Crippen molar-refractivity contribution in [2.45, 2.75) is 18.4 Å². The van der Waals surface area contributed by atoms with Crippen molar-refractivity contribution >= 4 is 27.7 Å². The second-order valence-electron chi connectivity index (χ2n) is 7.01. The van der Waals surface area contributed by atoms with Crippen LogP contribution in [0.1, 0.15) is 28.7 Å². The highest BCUT2D eigenvalue weighted by atomic mass is 32.2. The lowest BCUT2D eigenvalue weighted by atomic mass is 10.2. The summed E-state index contributed by atoms with van der Waals surface area (Å²) < 4.78 is 43.3. The van der Waals surface area contributed by atoms with E-state index in [0.29, 0.717) is 19.8 Å². The zero-order chi connectivity index (χ0) is 23.3. The van der Waals surface area contributed by atoms with Crippen LogP contribution in [0.5, 0.6) is 0 Å². The molecule has 2 aromatic carbocycles. The molecule has 1 aromatic heterocycles. The molecular weight excluding hydrogens is 448 g/mol. The fourth-order valence-electron chi connectivity index (χ4n) is 3.10. The van der Waals surface area contributed by atoms with E-state index >= 15 is 0 Å². The minimum Gasteiger partial charge on any atom is -0.494 e. The van der Waals surface area contributed by atoms with E-state index in [-0.39, 0.29) is 34.7 Å². The van der Waals surface area contributed by atoms with Crippen LogP contribution in [0.2, 0.25) is 0 Å². The molecule has 1 aliphatic rings. The van der Waals surface area contributed by atoms with E-state index < -0.39 is 15.9 Å². The fourth-order valence-corrected chi connectivity index (χ4v) is 4.54. The summed E-state index contributed by atoms with van der Waals surface area (Å²) in [4.78, 5) is 12.6. The van der Waals surface area contributed by atoms with Crippen LogP contribution >= 0.6 is 0 Å². The first-order chi connectivity index (χ1) is 16.0. The SMILES string of the molecule is CCN(Cc1ccccc1)S(=O)(=O)c1ccc(C(=O)Nc2nnc(C3=COCCO3)o2)cc1. The molecule has 0 fully saturated rings. The third kappa shape index (κ3) is 5.21. The second kappa shape index (κ2) is 9.84. The third-order valence-corrected chi connectivity index (χ3v) is 6.75. The first-order valence-corrected chi connectivity index (χ1v) is 11.7. The van der Waals surface area contributed by atoms with Gasteiger partial charge in [-0.05, 0) is 29.8 Å². The van der Waals surface area contributed by atoms with Gasteiger partial charge in [0.2, 0.25) is 15.8 Å². The Morgan fingerprint density at radius 1 is 1.06 bits per heavy atom. The van der Waals surface area contributed by atoms with Gasteiger partial charge in [-0.25, -0.2) is 8.42 Å². The molecular formula is C22H22N4O6S. The van der Waals surface area contributed by atoms with Crippen LogP contribution in [0.4, 0.5) is 6.01 Å². The number of benzene rings is 2. The Morgan fingerprint density at radius 2 is 1.82 bits per heavy atom. The van der Waals surface area contributed by atoms with Crippen molar-refractivity contribution in [2.75, 3.05) is 25.1 Å². The summed E-state index contributed by atoms with van der Waals surface area (Å²) in [5.41, 5.74) is 1.12. The number of aromatic nitrogens is 2. The maximum Gasteiger partial charge on any atom is 0.322 e. The molecule has 0 aliphatic carbocycles. The van der Waals surface area contributed by atoms with E-state index in [0.717, 1.165) is 5.56 Å². The maximum atomic E-state index is 13.1. The van der Waals surface area contributed by atoms with Crippen molar-refractivity contribution in [3.8, 4) is 0 Å². The average Bonchev–Trinajstić information content (AvgIpc) is 3.32. The molecule has 33 heavy (non-hydrogen) atoms. The number of anilines is 1. The number of amides is 1. The minimum atomic E-state index is -3.73. The monoisotopic (exact) mass is 470 g/mol. The largest absolute Gasteiger partial charge is 0.494 e. The molecule has 4 rings (SSSR count). The molecule has 0 radical (unpaired) electrons. The Morgan fingerprint density at radius 3 is 2.48 bits per heavy atom. The van der Waals surface area contributed by atoms with Crippen LogP contribution in [0.3, 0.4) is 0 Å². The molecule has 2 heterocycles. The number of carbonyl (C=O) groups is 1. The Balaban J connectivity index is 1.44. The maximum absolute atomic E-state index is 13.1. The summed E-state index contributed by atoms with van der Waals surface area (Å²) >= 11 is 0. The topological polar surface area (TPSA) is 124 Å². The Hall–Kier alpha value is -3.70. The quantitative estimate of drug-likeness (QED) is 0.533. The lowest BCUT2D eigenvalue weighted by molar-refractivity contribution is 0.102. The summed E-state index contributed by atoms with van der Waals surface area (Å²) in [6.07, 6.45) is 1.36. The molecule has 0 atom stereocenters. The van der Waals surface area contributed by atoms with E-state index in [1.54, 1.807) is 6.92 Å². The molecule has 3 aromatic rings. The average molecular weight is 471 g/mol. The van der Waals surface area contributed by atoms with Gasteiger partial charge in [0.1, 0.15) is 19.5 Å².